The number of benzene rings is 1. The minimum Gasteiger partial charge on any atom is -0.472 e. The maximum Gasteiger partial charge on any atom is 0.261 e. The molecule has 0 fully saturated rings. The third-order valence-electron chi connectivity index (χ3n) is 5.39. The van der Waals surface area contributed by atoms with E-state index < -0.39 is 0 Å². The van der Waals surface area contributed by atoms with Gasteiger partial charge in [0, 0.05) is 30.8 Å². The number of furan rings is 1. The Morgan fingerprint density at radius 1 is 1.22 bits per heavy atom. The van der Waals surface area contributed by atoms with Crippen LogP contribution in [-0.4, -0.2) is 37.8 Å². The maximum atomic E-state index is 12.8. The third-order valence-corrected chi connectivity index (χ3v) is 6.38. The zero-order valence-electron chi connectivity index (χ0n) is 17.0. The Morgan fingerprint density at radius 2 is 2.09 bits per heavy atom. The number of thiazole rings is 1. The summed E-state index contributed by atoms with van der Waals surface area (Å²) in [7, 11) is 0. The van der Waals surface area contributed by atoms with Gasteiger partial charge in [0.25, 0.3) is 11.5 Å². The molecule has 0 atom stereocenters. The van der Waals surface area contributed by atoms with E-state index in [1.165, 1.54) is 34.8 Å². The number of carbonyl (C=O) groups is 2. The number of aromatic nitrogens is 3. The summed E-state index contributed by atoms with van der Waals surface area (Å²) >= 11 is 1.37. The lowest BCUT2D eigenvalue weighted by molar-refractivity contribution is -0.132. The highest BCUT2D eigenvalue weighted by molar-refractivity contribution is 7.15. The minimum absolute atomic E-state index is 0.0342. The maximum absolute atomic E-state index is 12.8. The van der Waals surface area contributed by atoms with Crippen LogP contribution in [0.15, 0.2) is 58.4 Å². The lowest BCUT2D eigenvalue weighted by atomic mass is 10.1. The van der Waals surface area contributed by atoms with Crippen LogP contribution in [0.5, 0.6) is 0 Å². The first-order valence-electron chi connectivity index (χ1n) is 10.1. The highest BCUT2D eigenvalue weighted by atomic mass is 32.1. The number of nitrogens with zero attached hydrogens (tertiary/aromatic N) is 4. The zero-order chi connectivity index (χ0) is 22.1. The first kappa shape index (κ1) is 20.1. The van der Waals surface area contributed by atoms with Crippen molar-refractivity contribution in [2.45, 2.75) is 25.9 Å². The van der Waals surface area contributed by atoms with E-state index in [1.807, 2.05) is 6.07 Å². The molecule has 10 heteroatoms. The summed E-state index contributed by atoms with van der Waals surface area (Å²) < 4.78 is 6.41. The highest BCUT2D eigenvalue weighted by Crippen LogP contribution is 2.29. The molecule has 0 spiro atoms. The molecule has 0 aliphatic carbocycles. The molecule has 0 saturated heterocycles. The molecule has 2 amide bonds. The molecule has 0 unspecified atom stereocenters. The van der Waals surface area contributed by atoms with Gasteiger partial charge in [-0.3, -0.25) is 24.3 Å². The molecule has 1 aliphatic rings. The Labute approximate surface area is 186 Å². The molecular formula is C22H19N5O4S. The lowest BCUT2D eigenvalue weighted by Gasteiger charge is -2.26. The third kappa shape index (κ3) is 3.92. The van der Waals surface area contributed by atoms with Crippen molar-refractivity contribution < 1.29 is 14.0 Å². The number of hydrogen-bond acceptors (Lipinski definition) is 7. The summed E-state index contributed by atoms with van der Waals surface area (Å²) in [6, 6.07) is 8.74. The van der Waals surface area contributed by atoms with E-state index >= 15 is 0 Å². The summed E-state index contributed by atoms with van der Waals surface area (Å²) in [6.45, 7) is 1.27. The summed E-state index contributed by atoms with van der Waals surface area (Å²) in [4.78, 5) is 49.1. The smallest absolute Gasteiger partial charge is 0.261 e. The fraction of sp³-hybridized carbons (Fsp3) is 0.227. The topological polar surface area (TPSA) is 110 Å². The van der Waals surface area contributed by atoms with Crippen LogP contribution in [0, 0.1) is 0 Å². The van der Waals surface area contributed by atoms with Crippen LogP contribution in [-0.2, 0) is 24.3 Å². The van der Waals surface area contributed by atoms with Crippen LogP contribution >= 0.6 is 11.3 Å². The average Bonchev–Trinajstić information content (AvgIpc) is 3.48. The molecular weight excluding hydrogens is 430 g/mol. The van der Waals surface area contributed by atoms with Gasteiger partial charge in [0.15, 0.2) is 5.13 Å². The van der Waals surface area contributed by atoms with Gasteiger partial charge in [-0.05, 0) is 18.2 Å². The molecule has 4 aromatic rings. The Bertz CT molecular complexity index is 1360. The second kappa shape index (κ2) is 8.39. The highest BCUT2D eigenvalue weighted by Gasteiger charge is 2.24. The van der Waals surface area contributed by atoms with E-state index in [0.717, 1.165) is 10.6 Å². The number of rotatable bonds is 5. The lowest BCUT2D eigenvalue weighted by Crippen LogP contribution is -2.36. The number of fused-ring (bicyclic) bond motifs is 2. The number of carbonyl (C=O) groups excluding carboxylic acids is 2. The van der Waals surface area contributed by atoms with Crippen LogP contribution in [0.25, 0.3) is 10.9 Å². The average molecular weight is 449 g/mol. The van der Waals surface area contributed by atoms with Crippen LogP contribution < -0.4 is 10.9 Å². The van der Waals surface area contributed by atoms with Crippen molar-refractivity contribution in [2.24, 2.45) is 0 Å². The van der Waals surface area contributed by atoms with Crippen molar-refractivity contribution in [1.29, 1.82) is 0 Å². The fourth-order valence-corrected chi connectivity index (χ4v) is 4.68. The molecule has 32 heavy (non-hydrogen) atoms. The van der Waals surface area contributed by atoms with Crippen LogP contribution in [0.2, 0.25) is 0 Å². The predicted octanol–water partition coefficient (Wildman–Crippen LogP) is 2.67. The molecule has 0 radical (unpaired) electrons. The number of aryl methyl sites for hydroxylation is 1. The number of para-hydroxylation sites is 1. The number of hydrogen-bond donors (Lipinski definition) is 1. The van der Waals surface area contributed by atoms with Gasteiger partial charge in [0.1, 0.15) is 6.26 Å². The normalized spacial score (nSPS) is 13.2. The van der Waals surface area contributed by atoms with Crippen molar-refractivity contribution in [1.82, 2.24) is 19.4 Å². The number of anilines is 1. The van der Waals surface area contributed by atoms with Crippen molar-refractivity contribution in [3.05, 3.63) is 75.7 Å². The van der Waals surface area contributed by atoms with Gasteiger partial charge in [0.05, 0.1) is 41.3 Å². The molecule has 162 valence electrons. The number of amides is 2. The van der Waals surface area contributed by atoms with Gasteiger partial charge in [0.2, 0.25) is 5.91 Å². The van der Waals surface area contributed by atoms with E-state index in [4.69, 9.17) is 4.42 Å². The molecule has 3 aromatic heterocycles. The molecule has 9 nitrogen and oxygen atoms in total. The van der Waals surface area contributed by atoms with Gasteiger partial charge >= 0.3 is 0 Å². The van der Waals surface area contributed by atoms with E-state index in [0.29, 0.717) is 41.1 Å². The van der Waals surface area contributed by atoms with E-state index in [-0.39, 0.29) is 30.3 Å². The van der Waals surface area contributed by atoms with E-state index in [1.54, 1.807) is 29.2 Å². The molecule has 5 rings (SSSR count). The standard InChI is InChI=1S/C22H19N5O4S/c28-19(6-9-27-13-23-16-4-2-1-3-15(16)21(27)30)26-8-5-17-18(11-26)32-22(24-17)25-20(29)14-7-10-31-12-14/h1-4,7,10,12-13H,5-6,8-9,11H2,(H,24,25,29). The minimum atomic E-state index is -0.285. The van der Waals surface area contributed by atoms with Crippen molar-refractivity contribution in [3.63, 3.8) is 0 Å². The molecule has 0 bridgehead atoms. The molecule has 1 N–H and O–H groups in total. The molecule has 4 heterocycles. The van der Waals surface area contributed by atoms with Gasteiger partial charge in [-0.2, -0.15) is 0 Å². The second-order valence-electron chi connectivity index (χ2n) is 7.43. The van der Waals surface area contributed by atoms with Gasteiger partial charge in [-0.15, -0.1) is 0 Å². The van der Waals surface area contributed by atoms with Gasteiger partial charge in [-0.1, -0.05) is 23.5 Å². The van der Waals surface area contributed by atoms with Crippen molar-refractivity contribution in [3.8, 4) is 0 Å². The summed E-state index contributed by atoms with van der Waals surface area (Å²) in [6.07, 6.45) is 5.13. The van der Waals surface area contributed by atoms with Crippen LogP contribution in [0.4, 0.5) is 5.13 Å². The molecule has 1 aliphatic heterocycles. The summed E-state index contributed by atoms with van der Waals surface area (Å²) in [5.41, 5.74) is 1.82. The SMILES string of the molecule is O=C(Nc1nc2c(s1)CN(C(=O)CCn1cnc3ccccc3c1=O)CC2)c1ccoc1. The second-order valence-corrected chi connectivity index (χ2v) is 8.51. The Morgan fingerprint density at radius 3 is 2.94 bits per heavy atom. The quantitative estimate of drug-likeness (QED) is 0.502. The monoisotopic (exact) mass is 449 g/mol. The summed E-state index contributed by atoms with van der Waals surface area (Å²) in [5.74, 6) is -0.319. The van der Waals surface area contributed by atoms with E-state index in [2.05, 4.69) is 15.3 Å². The zero-order valence-corrected chi connectivity index (χ0v) is 17.8. The van der Waals surface area contributed by atoms with Gasteiger partial charge < -0.3 is 9.32 Å². The summed E-state index contributed by atoms with van der Waals surface area (Å²) in [5, 5.41) is 3.82. The molecule has 0 saturated carbocycles. The Balaban J connectivity index is 1.22. The number of nitrogens with one attached hydrogen (secondary N) is 1. The fourth-order valence-electron chi connectivity index (χ4n) is 3.66. The first-order chi connectivity index (χ1) is 15.6. The van der Waals surface area contributed by atoms with Crippen molar-refractivity contribution >= 4 is 39.2 Å². The molecule has 1 aromatic carbocycles. The van der Waals surface area contributed by atoms with E-state index in [9.17, 15) is 14.4 Å². The van der Waals surface area contributed by atoms with Gasteiger partial charge in [-0.25, -0.2) is 9.97 Å². The van der Waals surface area contributed by atoms with Crippen LogP contribution in [0.1, 0.15) is 27.3 Å². The Kier molecular flexibility index (Phi) is 5.28. The largest absolute Gasteiger partial charge is 0.472 e. The van der Waals surface area contributed by atoms with Crippen LogP contribution in [0.3, 0.4) is 0 Å². The van der Waals surface area contributed by atoms with Crippen molar-refractivity contribution in [2.75, 3.05) is 11.9 Å². The first-order valence-corrected chi connectivity index (χ1v) is 10.9. The Hall–Kier alpha value is -3.79. The predicted molar refractivity (Wildman–Crippen MR) is 119 cm³/mol.